The lowest BCUT2D eigenvalue weighted by molar-refractivity contribution is 0.421. The Morgan fingerprint density at radius 3 is 2.87 bits per heavy atom. The molecule has 0 spiro atoms. The van der Waals surface area contributed by atoms with Crippen LogP contribution in [0.5, 0.6) is 0 Å². The zero-order valence-corrected chi connectivity index (χ0v) is 10.5. The monoisotopic (exact) mass is 223 g/mol. The summed E-state index contributed by atoms with van der Waals surface area (Å²) in [5.41, 5.74) is 0. The maximum absolute atomic E-state index is 3.75. The van der Waals surface area contributed by atoms with Gasteiger partial charge in [0, 0.05) is 10.9 Å². The highest BCUT2D eigenvalue weighted by Gasteiger charge is 2.32. The molecule has 1 aromatic heterocycles. The maximum Gasteiger partial charge on any atom is 0.0443 e. The van der Waals surface area contributed by atoms with Gasteiger partial charge in [0.05, 0.1) is 0 Å². The predicted octanol–water partition coefficient (Wildman–Crippen LogP) is 3.83. The summed E-state index contributed by atoms with van der Waals surface area (Å²) in [6.45, 7) is 5.75. The van der Waals surface area contributed by atoms with Crippen LogP contribution in [0.3, 0.4) is 0 Å². The first-order valence-electron chi connectivity index (χ1n) is 6.08. The van der Waals surface area contributed by atoms with E-state index in [1.807, 2.05) is 11.3 Å². The van der Waals surface area contributed by atoms with Gasteiger partial charge in [-0.2, -0.15) is 0 Å². The van der Waals surface area contributed by atoms with E-state index in [4.69, 9.17) is 0 Å². The van der Waals surface area contributed by atoms with Gasteiger partial charge in [-0.05, 0) is 42.7 Å². The molecule has 1 aliphatic carbocycles. The first kappa shape index (κ1) is 11.2. The molecule has 1 nitrogen and oxygen atoms in total. The second-order valence-corrected chi connectivity index (χ2v) is 5.73. The van der Waals surface area contributed by atoms with Crippen molar-refractivity contribution in [1.29, 1.82) is 0 Å². The SMILES string of the molecule is CCC(C)CNC(c1cccs1)C1CC1. The molecule has 1 saturated carbocycles. The van der Waals surface area contributed by atoms with Crippen molar-refractivity contribution in [1.82, 2.24) is 5.32 Å². The molecular formula is C13H21NS. The molecule has 0 radical (unpaired) electrons. The average molecular weight is 223 g/mol. The van der Waals surface area contributed by atoms with Crippen LogP contribution in [-0.2, 0) is 0 Å². The summed E-state index contributed by atoms with van der Waals surface area (Å²) >= 11 is 1.90. The molecule has 0 aromatic carbocycles. The summed E-state index contributed by atoms with van der Waals surface area (Å²) in [6.07, 6.45) is 4.10. The van der Waals surface area contributed by atoms with E-state index in [-0.39, 0.29) is 0 Å². The van der Waals surface area contributed by atoms with Gasteiger partial charge in [-0.25, -0.2) is 0 Å². The minimum Gasteiger partial charge on any atom is -0.309 e. The Bertz CT molecular complexity index is 277. The van der Waals surface area contributed by atoms with E-state index < -0.39 is 0 Å². The van der Waals surface area contributed by atoms with Crippen molar-refractivity contribution in [2.45, 2.75) is 39.2 Å². The third-order valence-electron chi connectivity index (χ3n) is 3.33. The van der Waals surface area contributed by atoms with E-state index in [1.165, 1.54) is 24.1 Å². The first-order valence-corrected chi connectivity index (χ1v) is 6.96. The van der Waals surface area contributed by atoms with Gasteiger partial charge in [0.25, 0.3) is 0 Å². The number of nitrogens with one attached hydrogen (secondary N) is 1. The third kappa shape index (κ3) is 3.05. The number of hydrogen-bond acceptors (Lipinski definition) is 2. The Morgan fingerprint density at radius 1 is 1.53 bits per heavy atom. The lowest BCUT2D eigenvalue weighted by Gasteiger charge is -2.19. The molecule has 2 unspecified atom stereocenters. The third-order valence-corrected chi connectivity index (χ3v) is 4.28. The molecule has 1 aliphatic rings. The number of rotatable bonds is 6. The minimum absolute atomic E-state index is 0.638. The molecule has 2 atom stereocenters. The minimum atomic E-state index is 0.638. The molecule has 1 fully saturated rings. The standard InChI is InChI=1S/C13H21NS/c1-3-10(2)9-14-13(11-6-7-11)12-5-4-8-15-12/h4-5,8,10-11,13-14H,3,6-7,9H2,1-2H3. The quantitative estimate of drug-likeness (QED) is 0.772. The van der Waals surface area contributed by atoms with E-state index in [1.54, 1.807) is 0 Å². The summed E-state index contributed by atoms with van der Waals surface area (Å²) in [5, 5.41) is 5.94. The van der Waals surface area contributed by atoms with E-state index in [9.17, 15) is 0 Å². The fourth-order valence-electron chi connectivity index (χ4n) is 1.87. The van der Waals surface area contributed by atoms with Crippen LogP contribution >= 0.6 is 11.3 Å². The number of thiophene rings is 1. The fourth-order valence-corrected chi connectivity index (χ4v) is 2.76. The molecule has 0 saturated heterocycles. The molecule has 0 aliphatic heterocycles. The van der Waals surface area contributed by atoms with Crippen LogP contribution in [0.15, 0.2) is 17.5 Å². The molecule has 84 valence electrons. The fraction of sp³-hybridized carbons (Fsp3) is 0.692. The van der Waals surface area contributed by atoms with Crippen LogP contribution in [0, 0.1) is 11.8 Å². The number of hydrogen-bond donors (Lipinski definition) is 1. The van der Waals surface area contributed by atoms with E-state index in [0.29, 0.717) is 6.04 Å². The van der Waals surface area contributed by atoms with Gasteiger partial charge in [0.15, 0.2) is 0 Å². The van der Waals surface area contributed by atoms with Crippen LogP contribution in [-0.4, -0.2) is 6.54 Å². The van der Waals surface area contributed by atoms with Gasteiger partial charge in [-0.1, -0.05) is 26.3 Å². The van der Waals surface area contributed by atoms with Crippen LogP contribution in [0.25, 0.3) is 0 Å². The molecule has 1 heterocycles. The Morgan fingerprint density at radius 2 is 2.33 bits per heavy atom. The first-order chi connectivity index (χ1) is 7.31. The topological polar surface area (TPSA) is 12.0 Å². The summed E-state index contributed by atoms with van der Waals surface area (Å²) < 4.78 is 0. The zero-order valence-electron chi connectivity index (χ0n) is 9.70. The van der Waals surface area contributed by atoms with Crippen molar-refractivity contribution < 1.29 is 0 Å². The zero-order chi connectivity index (χ0) is 10.7. The second kappa shape index (κ2) is 5.13. The molecule has 1 aromatic rings. The van der Waals surface area contributed by atoms with Crippen molar-refractivity contribution >= 4 is 11.3 Å². The highest BCUT2D eigenvalue weighted by atomic mass is 32.1. The Labute approximate surface area is 96.9 Å². The van der Waals surface area contributed by atoms with Crippen molar-refractivity contribution in [2.24, 2.45) is 11.8 Å². The lowest BCUT2D eigenvalue weighted by Crippen LogP contribution is -2.26. The van der Waals surface area contributed by atoms with Crippen LogP contribution in [0.4, 0.5) is 0 Å². The smallest absolute Gasteiger partial charge is 0.0443 e. The predicted molar refractivity (Wildman–Crippen MR) is 67.2 cm³/mol. The Hall–Kier alpha value is -0.340. The van der Waals surface area contributed by atoms with E-state index >= 15 is 0 Å². The van der Waals surface area contributed by atoms with Crippen LogP contribution < -0.4 is 5.32 Å². The average Bonchev–Trinajstić information content (AvgIpc) is 2.94. The van der Waals surface area contributed by atoms with Crippen LogP contribution in [0.1, 0.15) is 44.0 Å². The van der Waals surface area contributed by atoms with E-state index in [2.05, 4.69) is 36.7 Å². The molecular weight excluding hydrogens is 202 g/mol. The Kier molecular flexibility index (Phi) is 3.81. The van der Waals surface area contributed by atoms with Crippen molar-refractivity contribution in [3.63, 3.8) is 0 Å². The van der Waals surface area contributed by atoms with Gasteiger partial charge in [-0.15, -0.1) is 11.3 Å². The Balaban J connectivity index is 1.90. The van der Waals surface area contributed by atoms with Gasteiger partial charge in [0.2, 0.25) is 0 Å². The van der Waals surface area contributed by atoms with Crippen molar-refractivity contribution in [2.75, 3.05) is 6.54 Å². The van der Waals surface area contributed by atoms with Crippen molar-refractivity contribution in [3.8, 4) is 0 Å². The summed E-state index contributed by atoms with van der Waals surface area (Å²) in [5.74, 6) is 1.71. The molecule has 15 heavy (non-hydrogen) atoms. The highest BCUT2D eigenvalue weighted by molar-refractivity contribution is 7.10. The van der Waals surface area contributed by atoms with Gasteiger partial charge < -0.3 is 5.32 Å². The largest absolute Gasteiger partial charge is 0.309 e. The van der Waals surface area contributed by atoms with E-state index in [0.717, 1.165) is 18.4 Å². The molecule has 0 amide bonds. The normalized spacial score (nSPS) is 20.1. The highest BCUT2D eigenvalue weighted by Crippen LogP contribution is 2.42. The summed E-state index contributed by atoms with van der Waals surface area (Å²) in [4.78, 5) is 1.53. The maximum atomic E-state index is 3.75. The summed E-state index contributed by atoms with van der Waals surface area (Å²) in [6, 6.07) is 5.08. The second-order valence-electron chi connectivity index (χ2n) is 4.75. The lowest BCUT2D eigenvalue weighted by atomic mass is 10.1. The molecule has 2 rings (SSSR count). The van der Waals surface area contributed by atoms with Crippen molar-refractivity contribution in [3.05, 3.63) is 22.4 Å². The van der Waals surface area contributed by atoms with Crippen LogP contribution in [0.2, 0.25) is 0 Å². The molecule has 1 N–H and O–H groups in total. The molecule has 2 heteroatoms. The molecule has 0 bridgehead atoms. The van der Waals surface area contributed by atoms with Gasteiger partial charge in [-0.3, -0.25) is 0 Å². The van der Waals surface area contributed by atoms with Gasteiger partial charge >= 0.3 is 0 Å². The summed E-state index contributed by atoms with van der Waals surface area (Å²) in [7, 11) is 0. The van der Waals surface area contributed by atoms with Gasteiger partial charge in [0.1, 0.15) is 0 Å².